The number of hydrogen-bond acceptors (Lipinski definition) is 5. The number of aryl methyl sites for hydroxylation is 2. The van der Waals surface area contributed by atoms with E-state index in [-0.39, 0.29) is 23.9 Å². The summed E-state index contributed by atoms with van der Waals surface area (Å²) in [7, 11) is 0. The number of ether oxygens (including phenoxy) is 1. The molecule has 5 rings (SSSR count). The Morgan fingerprint density at radius 2 is 1.61 bits per heavy atom. The van der Waals surface area contributed by atoms with Crippen LogP contribution in [0.1, 0.15) is 88.6 Å². The van der Waals surface area contributed by atoms with Crippen LogP contribution >= 0.6 is 0 Å². The van der Waals surface area contributed by atoms with Crippen LogP contribution in [0.25, 0.3) is 11.0 Å². The summed E-state index contributed by atoms with van der Waals surface area (Å²) in [5.74, 6) is 0.904. The smallest absolute Gasteiger partial charge is 0.339 e. The molecule has 2 aromatic carbocycles. The molecule has 3 aromatic rings. The van der Waals surface area contributed by atoms with E-state index in [1.165, 1.54) is 33.4 Å². The lowest BCUT2D eigenvalue weighted by molar-refractivity contribution is -0.143. The van der Waals surface area contributed by atoms with Crippen LogP contribution in [0.2, 0.25) is 0 Å². The van der Waals surface area contributed by atoms with Gasteiger partial charge in [0.2, 0.25) is 5.91 Å². The van der Waals surface area contributed by atoms with Gasteiger partial charge in [-0.2, -0.15) is 0 Å². The van der Waals surface area contributed by atoms with E-state index in [1.807, 2.05) is 30.9 Å². The molecule has 0 radical (unpaired) electrons. The zero-order chi connectivity index (χ0) is 29.6. The molecule has 0 spiro atoms. The fourth-order valence-corrected chi connectivity index (χ4v) is 7.15. The van der Waals surface area contributed by atoms with Crippen LogP contribution in [0, 0.1) is 54.4 Å². The van der Waals surface area contributed by atoms with Gasteiger partial charge in [-0.1, -0.05) is 12.8 Å². The Morgan fingerprint density at radius 3 is 2.32 bits per heavy atom. The molecule has 2 unspecified atom stereocenters. The molecule has 1 amide bonds. The number of amides is 1. The summed E-state index contributed by atoms with van der Waals surface area (Å²) in [4.78, 5) is 28.2. The zero-order valence-electron chi connectivity index (χ0n) is 25.8. The average Bonchev–Trinajstić information content (AvgIpc) is 2.95. The fourth-order valence-electron chi connectivity index (χ4n) is 7.15. The minimum Gasteiger partial charge on any atom is -0.488 e. The molecule has 6 heteroatoms. The molecule has 0 bridgehead atoms. The third-order valence-electron chi connectivity index (χ3n) is 10.6. The van der Waals surface area contributed by atoms with Gasteiger partial charge >= 0.3 is 5.63 Å². The van der Waals surface area contributed by atoms with Crippen molar-refractivity contribution in [3.63, 3.8) is 0 Å². The molecule has 2 heterocycles. The van der Waals surface area contributed by atoms with Crippen molar-refractivity contribution in [2.24, 2.45) is 5.92 Å². The highest BCUT2D eigenvalue weighted by Gasteiger charge is 2.43. The van der Waals surface area contributed by atoms with Gasteiger partial charge in [-0.15, -0.1) is 0 Å². The van der Waals surface area contributed by atoms with Gasteiger partial charge in [-0.05, 0) is 125 Å². The summed E-state index contributed by atoms with van der Waals surface area (Å²) < 4.78 is 12.2. The normalized spacial score (nSPS) is 20.8. The molecule has 2 atom stereocenters. The lowest BCUT2D eigenvalue weighted by Gasteiger charge is -2.47. The Morgan fingerprint density at radius 1 is 0.927 bits per heavy atom. The van der Waals surface area contributed by atoms with E-state index < -0.39 is 5.60 Å². The third kappa shape index (κ3) is 5.31. The highest BCUT2D eigenvalue weighted by atomic mass is 16.5. The highest BCUT2D eigenvalue weighted by molar-refractivity contribution is 5.86. The fraction of sp³-hybridized carbons (Fsp3) is 0.543. The van der Waals surface area contributed by atoms with E-state index in [9.17, 15) is 14.7 Å². The molecule has 2 aliphatic rings. The Bertz CT molecular complexity index is 1540. The SMILES string of the molecule is Cc1c(C)c(C)c(COc2ccc3c(C)c(CCC(=O)N4CCC5(O)CCCCC5C4)c(=O)oc3c2C)c(C)c1C. The number of piperidine rings is 1. The predicted molar refractivity (Wildman–Crippen MR) is 163 cm³/mol. The monoisotopic (exact) mass is 559 g/mol. The average molecular weight is 560 g/mol. The summed E-state index contributed by atoms with van der Waals surface area (Å²) in [5, 5.41) is 11.8. The van der Waals surface area contributed by atoms with E-state index in [1.54, 1.807) is 0 Å². The molecular formula is C35H45NO5. The highest BCUT2D eigenvalue weighted by Crippen LogP contribution is 2.40. The van der Waals surface area contributed by atoms with Crippen molar-refractivity contribution in [3.05, 3.63) is 72.6 Å². The maximum Gasteiger partial charge on any atom is 0.339 e. The standard InChI is InChI=1S/C35H45NO5/c1-20-21(2)23(4)30(24(5)22(20)3)19-40-31-13-11-28-25(6)29(34(38)41-33(28)26(31)7)12-14-32(37)36-17-16-35(39)15-9-8-10-27(35)18-36/h11,13,27,39H,8-10,12,14-19H2,1-7H3. The van der Waals surface area contributed by atoms with Gasteiger partial charge in [0.05, 0.1) is 5.60 Å². The van der Waals surface area contributed by atoms with E-state index in [0.717, 1.165) is 42.2 Å². The Kier molecular flexibility index (Phi) is 8.08. The Balaban J connectivity index is 1.32. The zero-order valence-corrected chi connectivity index (χ0v) is 25.8. The van der Waals surface area contributed by atoms with E-state index >= 15 is 0 Å². The minimum atomic E-state index is -0.610. The second-order valence-electron chi connectivity index (χ2n) is 12.6. The molecule has 1 N–H and O–H groups in total. The van der Waals surface area contributed by atoms with Gasteiger partial charge < -0.3 is 19.2 Å². The largest absolute Gasteiger partial charge is 0.488 e. The van der Waals surface area contributed by atoms with Crippen LogP contribution in [-0.2, 0) is 17.8 Å². The number of benzene rings is 2. The van der Waals surface area contributed by atoms with Crippen molar-refractivity contribution in [1.82, 2.24) is 4.90 Å². The minimum absolute atomic E-state index is 0.0450. The molecule has 1 saturated heterocycles. The number of carbonyl (C=O) groups is 1. The van der Waals surface area contributed by atoms with Gasteiger partial charge in [-0.3, -0.25) is 4.79 Å². The van der Waals surface area contributed by atoms with Crippen LogP contribution in [0.5, 0.6) is 5.75 Å². The first-order valence-electron chi connectivity index (χ1n) is 15.2. The molecule has 1 saturated carbocycles. The Hall–Kier alpha value is -3.12. The molecule has 220 valence electrons. The lowest BCUT2D eigenvalue weighted by Crippen LogP contribution is -2.54. The summed E-state index contributed by atoms with van der Waals surface area (Å²) >= 11 is 0. The molecule has 1 aliphatic carbocycles. The maximum atomic E-state index is 13.1. The summed E-state index contributed by atoms with van der Waals surface area (Å²) in [5.41, 5.74) is 9.38. The van der Waals surface area contributed by atoms with Crippen molar-refractivity contribution in [2.45, 2.75) is 106 Å². The first-order valence-corrected chi connectivity index (χ1v) is 15.2. The van der Waals surface area contributed by atoms with E-state index in [2.05, 4.69) is 34.6 Å². The van der Waals surface area contributed by atoms with Crippen LogP contribution in [0.15, 0.2) is 21.3 Å². The van der Waals surface area contributed by atoms with Crippen molar-refractivity contribution < 1.29 is 19.1 Å². The van der Waals surface area contributed by atoms with Gasteiger partial charge in [0.15, 0.2) is 0 Å². The number of hydrogen-bond donors (Lipinski definition) is 1. The first kappa shape index (κ1) is 29.4. The van der Waals surface area contributed by atoms with Crippen LogP contribution in [0.3, 0.4) is 0 Å². The number of carbonyl (C=O) groups excluding carboxylic acids is 1. The maximum absolute atomic E-state index is 13.1. The summed E-state index contributed by atoms with van der Waals surface area (Å²) in [6.07, 6.45) is 5.25. The predicted octanol–water partition coefficient (Wildman–Crippen LogP) is 6.62. The molecule has 6 nitrogen and oxygen atoms in total. The first-order chi connectivity index (χ1) is 19.4. The number of likely N-dealkylation sites (tertiary alicyclic amines) is 1. The second kappa shape index (κ2) is 11.3. The molecule has 2 fully saturated rings. The molecular weight excluding hydrogens is 514 g/mol. The van der Waals surface area contributed by atoms with Crippen molar-refractivity contribution in [2.75, 3.05) is 13.1 Å². The van der Waals surface area contributed by atoms with Gasteiger partial charge in [0.25, 0.3) is 0 Å². The summed E-state index contributed by atoms with van der Waals surface area (Å²) in [6, 6.07) is 3.92. The van der Waals surface area contributed by atoms with Crippen LogP contribution < -0.4 is 10.4 Å². The topological polar surface area (TPSA) is 80.0 Å². The number of rotatable bonds is 6. The summed E-state index contributed by atoms with van der Waals surface area (Å²) in [6.45, 7) is 16.3. The second-order valence-corrected chi connectivity index (χ2v) is 12.6. The van der Waals surface area contributed by atoms with E-state index in [4.69, 9.17) is 9.15 Å². The number of aliphatic hydroxyl groups is 1. The van der Waals surface area contributed by atoms with Crippen LogP contribution in [-0.4, -0.2) is 34.6 Å². The van der Waals surface area contributed by atoms with Crippen LogP contribution in [0.4, 0.5) is 0 Å². The molecule has 1 aromatic heterocycles. The molecule has 41 heavy (non-hydrogen) atoms. The quantitative estimate of drug-likeness (QED) is 0.344. The Labute approximate surface area is 243 Å². The number of nitrogens with zero attached hydrogens (tertiary/aromatic N) is 1. The molecule has 1 aliphatic heterocycles. The van der Waals surface area contributed by atoms with Gasteiger partial charge in [-0.25, -0.2) is 4.79 Å². The van der Waals surface area contributed by atoms with Crippen molar-refractivity contribution in [3.8, 4) is 5.75 Å². The number of fused-ring (bicyclic) bond motifs is 2. The van der Waals surface area contributed by atoms with Gasteiger partial charge in [0.1, 0.15) is 17.9 Å². The van der Waals surface area contributed by atoms with Gasteiger partial charge in [0, 0.05) is 41.9 Å². The van der Waals surface area contributed by atoms with Crippen molar-refractivity contribution >= 4 is 16.9 Å². The van der Waals surface area contributed by atoms with Crippen molar-refractivity contribution in [1.29, 1.82) is 0 Å². The lowest BCUT2D eigenvalue weighted by atomic mass is 9.71. The van der Waals surface area contributed by atoms with E-state index in [0.29, 0.717) is 49.4 Å². The third-order valence-corrected chi connectivity index (χ3v) is 10.6.